The predicted molar refractivity (Wildman–Crippen MR) is 93.1 cm³/mol. The second-order valence-corrected chi connectivity index (χ2v) is 5.90. The third-order valence-corrected chi connectivity index (χ3v) is 3.58. The number of hydrogen-bond acceptors (Lipinski definition) is 4. The standard InChI is InChI=1S/C17H22N2O3S/c1-5-21-13-9-7-6-8-12(13)15-14(16(20)22-10(2)3)11(4)18-17(23)19-15/h6-10,15H,5H2,1-4H3,(H2,18,19,23)/t15-/m0/s1. The van der Waals surface area contributed by atoms with Crippen molar-refractivity contribution < 1.29 is 14.3 Å². The van der Waals surface area contributed by atoms with E-state index in [4.69, 9.17) is 21.7 Å². The second-order valence-electron chi connectivity index (χ2n) is 5.50. The fourth-order valence-electron chi connectivity index (χ4n) is 2.48. The van der Waals surface area contributed by atoms with Crippen LogP contribution in [0.2, 0.25) is 0 Å². The Morgan fingerprint density at radius 1 is 1.35 bits per heavy atom. The molecular formula is C17H22N2O3S. The van der Waals surface area contributed by atoms with E-state index in [0.29, 0.717) is 23.0 Å². The Bertz CT molecular complexity index is 640. The van der Waals surface area contributed by atoms with E-state index >= 15 is 0 Å². The van der Waals surface area contributed by atoms with Crippen LogP contribution < -0.4 is 15.4 Å². The first kappa shape index (κ1) is 17.3. The van der Waals surface area contributed by atoms with Crippen LogP contribution in [0.3, 0.4) is 0 Å². The molecule has 1 heterocycles. The Morgan fingerprint density at radius 3 is 2.70 bits per heavy atom. The Morgan fingerprint density at radius 2 is 2.04 bits per heavy atom. The Hall–Kier alpha value is -2.08. The van der Waals surface area contributed by atoms with E-state index in [1.807, 2.05) is 52.0 Å². The molecule has 0 aromatic heterocycles. The molecule has 6 heteroatoms. The average molecular weight is 334 g/mol. The number of benzene rings is 1. The highest BCUT2D eigenvalue weighted by Crippen LogP contribution is 2.33. The third kappa shape index (κ3) is 4.01. The van der Waals surface area contributed by atoms with Crippen molar-refractivity contribution in [2.45, 2.75) is 39.8 Å². The minimum Gasteiger partial charge on any atom is -0.494 e. The Kier molecular flexibility index (Phi) is 5.60. The van der Waals surface area contributed by atoms with Crippen LogP contribution in [0, 0.1) is 0 Å². The summed E-state index contributed by atoms with van der Waals surface area (Å²) in [5.41, 5.74) is 2.06. The van der Waals surface area contributed by atoms with Crippen molar-refractivity contribution >= 4 is 23.3 Å². The van der Waals surface area contributed by atoms with E-state index in [9.17, 15) is 4.79 Å². The van der Waals surface area contributed by atoms with E-state index in [1.54, 1.807) is 0 Å². The number of carbonyl (C=O) groups is 1. The van der Waals surface area contributed by atoms with E-state index in [1.165, 1.54) is 0 Å². The SMILES string of the molecule is CCOc1ccccc1[C@@H]1NC(=S)NC(C)=C1C(=O)OC(C)C. The molecule has 1 aromatic rings. The van der Waals surface area contributed by atoms with E-state index in [2.05, 4.69) is 10.6 Å². The van der Waals surface area contributed by atoms with Gasteiger partial charge in [0.05, 0.1) is 24.3 Å². The number of para-hydroxylation sites is 1. The fraction of sp³-hybridized carbons (Fsp3) is 0.412. The van der Waals surface area contributed by atoms with Crippen molar-refractivity contribution in [2.75, 3.05) is 6.61 Å². The fourth-order valence-corrected chi connectivity index (χ4v) is 2.75. The van der Waals surface area contributed by atoms with Crippen LogP contribution in [0.25, 0.3) is 0 Å². The van der Waals surface area contributed by atoms with Gasteiger partial charge in [-0.3, -0.25) is 0 Å². The summed E-state index contributed by atoms with van der Waals surface area (Å²) in [5.74, 6) is 0.358. The number of carbonyl (C=O) groups excluding carboxylic acids is 1. The topological polar surface area (TPSA) is 59.6 Å². The number of thiocarbonyl (C=S) groups is 1. The molecule has 0 aliphatic carbocycles. The van der Waals surface area contributed by atoms with Crippen LogP contribution in [0.4, 0.5) is 0 Å². The van der Waals surface area contributed by atoms with Crippen LogP contribution in [0.5, 0.6) is 5.75 Å². The minimum atomic E-state index is -0.405. The normalized spacial score (nSPS) is 17.6. The summed E-state index contributed by atoms with van der Waals surface area (Å²) in [5, 5.41) is 6.61. The summed E-state index contributed by atoms with van der Waals surface area (Å²) >= 11 is 5.25. The van der Waals surface area contributed by atoms with E-state index < -0.39 is 6.04 Å². The molecule has 5 nitrogen and oxygen atoms in total. The number of hydrogen-bond donors (Lipinski definition) is 2. The molecule has 0 amide bonds. The molecule has 0 fully saturated rings. The minimum absolute atomic E-state index is 0.195. The lowest BCUT2D eigenvalue weighted by Crippen LogP contribution is -2.45. The van der Waals surface area contributed by atoms with Gasteiger partial charge in [0, 0.05) is 11.3 Å². The average Bonchev–Trinajstić information content (AvgIpc) is 2.46. The lowest BCUT2D eigenvalue weighted by Gasteiger charge is -2.31. The molecule has 2 rings (SSSR count). The van der Waals surface area contributed by atoms with Crippen molar-refractivity contribution in [3.63, 3.8) is 0 Å². The smallest absolute Gasteiger partial charge is 0.338 e. The zero-order valence-corrected chi connectivity index (χ0v) is 14.6. The first-order valence-electron chi connectivity index (χ1n) is 7.65. The quantitative estimate of drug-likeness (QED) is 0.638. The molecule has 124 valence electrons. The highest BCUT2D eigenvalue weighted by atomic mass is 32.1. The van der Waals surface area contributed by atoms with Crippen molar-refractivity contribution in [3.8, 4) is 5.75 Å². The van der Waals surface area contributed by atoms with Gasteiger partial charge in [0.25, 0.3) is 0 Å². The van der Waals surface area contributed by atoms with Crippen molar-refractivity contribution in [2.24, 2.45) is 0 Å². The number of rotatable bonds is 5. The molecule has 0 saturated heterocycles. The summed E-state index contributed by atoms with van der Waals surface area (Å²) in [4.78, 5) is 12.5. The number of allylic oxidation sites excluding steroid dienone is 1. The maximum absolute atomic E-state index is 12.5. The summed E-state index contributed by atoms with van der Waals surface area (Å²) < 4.78 is 11.1. The van der Waals surface area contributed by atoms with Gasteiger partial charge in [-0.1, -0.05) is 18.2 Å². The van der Waals surface area contributed by atoms with Crippen LogP contribution in [-0.2, 0) is 9.53 Å². The van der Waals surface area contributed by atoms with Gasteiger partial charge < -0.3 is 20.1 Å². The monoisotopic (exact) mass is 334 g/mol. The van der Waals surface area contributed by atoms with Gasteiger partial charge in [-0.05, 0) is 46.0 Å². The molecule has 1 aliphatic rings. The zero-order valence-electron chi connectivity index (χ0n) is 13.8. The molecule has 0 bridgehead atoms. The summed E-state index contributed by atoms with van der Waals surface area (Å²) in [6.07, 6.45) is -0.195. The van der Waals surface area contributed by atoms with Crippen LogP contribution in [-0.4, -0.2) is 23.8 Å². The zero-order chi connectivity index (χ0) is 17.0. The van der Waals surface area contributed by atoms with E-state index in [0.717, 1.165) is 11.3 Å². The highest BCUT2D eigenvalue weighted by molar-refractivity contribution is 7.80. The molecule has 0 saturated carbocycles. The van der Waals surface area contributed by atoms with Crippen molar-refractivity contribution in [1.29, 1.82) is 0 Å². The van der Waals surface area contributed by atoms with Gasteiger partial charge in [0.1, 0.15) is 5.75 Å². The molecule has 23 heavy (non-hydrogen) atoms. The van der Waals surface area contributed by atoms with Crippen LogP contribution in [0.15, 0.2) is 35.5 Å². The summed E-state index contributed by atoms with van der Waals surface area (Å²) in [6.45, 7) is 7.93. The Balaban J connectivity index is 2.47. The number of esters is 1. The molecule has 0 unspecified atom stereocenters. The van der Waals surface area contributed by atoms with Crippen LogP contribution in [0.1, 0.15) is 39.3 Å². The van der Waals surface area contributed by atoms with Crippen molar-refractivity contribution in [3.05, 3.63) is 41.1 Å². The maximum Gasteiger partial charge on any atom is 0.338 e. The maximum atomic E-state index is 12.5. The summed E-state index contributed by atoms with van der Waals surface area (Å²) in [6, 6.07) is 7.21. The van der Waals surface area contributed by atoms with Gasteiger partial charge in [-0.25, -0.2) is 4.79 Å². The molecular weight excluding hydrogens is 312 g/mol. The molecule has 0 radical (unpaired) electrons. The van der Waals surface area contributed by atoms with Gasteiger partial charge in [0.2, 0.25) is 0 Å². The number of ether oxygens (including phenoxy) is 2. The lowest BCUT2D eigenvalue weighted by atomic mass is 9.95. The molecule has 1 aromatic carbocycles. The van der Waals surface area contributed by atoms with Crippen LogP contribution >= 0.6 is 12.2 Å². The van der Waals surface area contributed by atoms with Crippen molar-refractivity contribution in [1.82, 2.24) is 10.6 Å². The first-order valence-corrected chi connectivity index (χ1v) is 8.05. The highest BCUT2D eigenvalue weighted by Gasteiger charge is 2.32. The van der Waals surface area contributed by atoms with Gasteiger partial charge in [-0.2, -0.15) is 0 Å². The molecule has 2 N–H and O–H groups in total. The summed E-state index contributed by atoms with van der Waals surface area (Å²) in [7, 11) is 0. The number of nitrogens with one attached hydrogen (secondary N) is 2. The van der Waals surface area contributed by atoms with Gasteiger partial charge >= 0.3 is 5.97 Å². The van der Waals surface area contributed by atoms with Gasteiger partial charge in [0.15, 0.2) is 5.11 Å². The van der Waals surface area contributed by atoms with E-state index in [-0.39, 0.29) is 12.1 Å². The van der Waals surface area contributed by atoms with Gasteiger partial charge in [-0.15, -0.1) is 0 Å². The third-order valence-electron chi connectivity index (χ3n) is 3.36. The predicted octanol–water partition coefficient (Wildman–Crippen LogP) is 2.83. The largest absolute Gasteiger partial charge is 0.494 e. The lowest BCUT2D eigenvalue weighted by molar-refractivity contribution is -0.143. The molecule has 0 spiro atoms. The molecule has 1 aliphatic heterocycles. The molecule has 1 atom stereocenters. The second kappa shape index (κ2) is 7.46. The first-order chi connectivity index (χ1) is 10.9. The Labute approximate surface area is 142 Å².